The number of guanidine groups is 1. The fraction of sp³-hybridized carbons (Fsp3) is 0.588. The maximum Gasteiger partial charge on any atom is 0.188 e. The molecule has 4 heteroatoms. The number of aryl methyl sites for hydroxylation is 1. The smallest absolute Gasteiger partial charge is 0.188 e. The normalized spacial score (nSPS) is 11.5. The van der Waals surface area contributed by atoms with Crippen molar-refractivity contribution in [1.82, 2.24) is 5.32 Å². The number of ether oxygens (including phenoxy) is 1. The Morgan fingerprint density at radius 3 is 2.81 bits per heavy atom. The lowest BCUT2D eigenvalue weighted by Gasteiger charge is -2.10. The van der Waals surface area contributed by atoms with E-state index in [1.165, 1.54) is 30.4 Å². The third-order valence-corrected chi connectivity index (χ3v) is 3.43. The largest absolute Gasteiger partial charge is 0.496 e. The average molecular weight is 291 g/mol. The van der Waals surface area contributed by atoms with E-state index in [2.05, 4.69) is 36.3 Å². The molecule has 0 aromatic heterocycles. The van der Waals surface area contributed by atoms with Crippen molar-refractivity contribution in [1.29, 1.82) is 0 Å². The van der Waals surface area contributed by atoms with Gasteiger partial charge in [-0.3, -0.25) is 4.99 Å². The van der Waals surface area contributed by atoms with E-state index in [4.69, 9.17) is 10.5 Å². The molecular weight excluding hydrogens is 262 g/mol. The Morgan fingerprint density at radius 2 is 2.10 bits per heavy atom. The Hall–Kier alpha value is -1.71. The first kappa shape index (κ1) is 17.3. The molecule has 0 fully saturated rings. The highest BCUT2D eigenvalue weighted by Gasteiger charge is 2.03. The SMILES string of the molecule is CCCCCCN=C(N)NCCc1cc(C)ccc1OC. The van der Waals surface area contributed by atoms with Crippen LogP contribution >= 0.6 is 0 Å². The molecular formula is C17H29N3O. The Balaban J connectivity index is 2.32. The highest BCUT2D eigenvalue weighted by Crippen LogP contribution is 2.19. The lowest BCUT2D eigenvalue weighted by atomic mass is 10.1. The van der Waals surface area contributed by atoms with Crippen molar-refractivity contribution >= 4 is 5.96 Å². The molecule has 0 bridgehead atoms. The minimum atomic E-state index is 0.540. The maximum absolute atomic E-state index is 5.86. The quantitative estimate of drug-likeness (QED) is 0.418. The Morgan fingerprint density at radius 1 is 1.29 bits per heavy atom. The summed E-state index contributed by atoms with van der Waals surface area (Å²) in [6, 6.07) is 6.22. The number of rotatable bonds is 9. The molecule has 0 amide bonds. The monoisotopic (exact) mass is 291 g/mol. The van der Waals surface area contributed by atoms with Crippen LogP contribution in [0.2, 0.25) is 0 Å². The van der Waals surface area contributed by atoms with Gasteiger partial charge < -0.3 is 15.8 Å². The highest BCUT2D eigenvalue weighted by atomic mass is 16.5. The zero-order valence-electron chi connectivity index (χ0n) is 13.6. The van der Waals surface area contributed by atoms with Crippen molar-refractivity contribution in [2.45, 2.75) is 46.0 Å². The molecule has 0 saturated heterocycles. The lowest BCUT2D eigenvalue weighted by molar-refractivity contribution is 0.409. The molecule has 0 aliphatic heterocycles. The van der Waals surface area contributed by atoms with E-state index in [0.717, 1.165) is 31.7 Å². The van der Waals surface area contributed by atoms with Crippen molar-refractivity contribution in [3.05, 3.63) is 29.3 Å². The summed E-state index contributed by atoms with van der Waals surface area (Å²) >= 11 is 0. The van der Waals surface area contributed by atoms with Crippen molar-refractivity contribution in [2.24, 2.45) is 10.7 Å². The van der Waals surface area contributed by atoms with Gasteiger partial charge in [0.05, 0.1) is 7.11 Å². The fourth-order valence-corrected chi connectivity index (χ4v) is 2.22. The summed E-state index contributed by atoms with van der Waals surface area (Å²) in [5.74, 6) is 1.47. The summed E-state index contributed by atoms with van der Waals surface area (Å²) in [6.07, 6.45) is 5.73. The van der Waals surface area contributed by atoms with E-state index in [9.17, 15) is 0 Å². The summed E-state index contributed by atoms with van der Waals surface area (Å²) in [5.41, 5.74) is 8.30. The number of methoxy groups -OCH3 is 1. The summed E-state index contributed by atoms with van der Waals surface area (Å²) < 4.78 is 5.37. The topological polar surface area (TPSA) is 59.6 Å². The summed E-state index contributed by atoms with van der Waals surface area (Å²) in [4.78, 5) is 4.34. The molecule has 0 aliphatic rings. The van der Waals surface area contributed by atoms with Crippen LogP contribution in [0.25, 0.3) is 0 Å². The van der Waals surface area contributed by atoms with Crippen LogP contribution in [-0.2, 0) is 6.42 Å². The molecule has 0 spiro atoms. The predicted molar refractivity (Wildman–Crippen MR) is 90.1 cm³/mol. The van der Waals surface area contributed by atoms with Gasteiger partial charge in [-0.15, -0.1) is 0 Å². The number of nitrogens with two attached hydrogens (primary N) is 1. The first-order valence-corrected chi connectivity index (χ1v) is 7.84. The van der Waals surface area contributed by atoms with Crippen molar-refractivity contribution < 1.29 is 4.74 Å². The molecule has 118 valence electrons. The van der Waals surface area contributed by atoms with Gasteiger partial charge >= 0.3 is 0 Å². The molecule has 0 unspecified atom stereocenters. The van der Waals surface area contributed by atoms with Gasteiger partial charge in [0, 0.05) is 13.1 Å². The van der Waals surface area contributed by atoms with Crippen molar-refractivity contribution in [3.8, 4) is 5.75 Å². The third-order valence-electron chi connectivity index (χ3n) is 3.43. The van der Waals surface area contributed by atoms with Crippen LogP contribution in [0.5, 0.6) is 5.75 Å². The molecule has 0 atom stereocenters. The Bertz CT molecular complexity index is 444. The molecule has 0 heterocycles. The Labute approximate surface area is 128 Å². The number of benzene rings is 1. The van der Waals surface area contributed by atoms with Crippen LogP contribution in [0.1, 0.15) is 43.7 Å². The van der Waals surface area contributed by atoms with Gasteiger partial charge in [-0.25, -0.2) is 0 Å². The van der Waals surface area contributed by atoms with E-state index in [0.29, 0.717) is 5.96 Å². The van der Waals surface area contributed by atoms with Crippen LogP contribution in [0.4, 0.5) is 0 Å². The van der Waals surface area contributed by atoms with E-state index >= 15 is 0 Å². The average Bonchev–Trinajstić information content (AvgIpc) is 2.47. The van der Waals surface area contributed by atoms with Gasteiger partial charge in [0.1, 0.15) is 5.75 Å². The molecule has 1 aromatic rings. The standard InChI is InChI=1S/C17H29N3O/c1-4-5-6-7-11-19-17(18)20-12-10-15-13-14(2)8-9-16(15)21-3/h8-9,13H,4-7,10-12H2,1-3H3,(H3,18,19,20). The van der Waals surface area contributed by atoms with Gasteiger partial charge in [-0.2, -0.15) is 0 Å². The molecule has 4 nitrogen and oxygen atoms in total. The van der Waals surface area contributed by atoms with Crippen LogP contribution < -0.4 is 15.8 Å². The molecule has 1 rings (SSSR count). The molecule has 0 aliphatic carbocycles. The number of unbranched alkanes of at least 4 members (excludes halogenated alkanes) is 3. The fourth-order valence-electron chi connectivity index (χ4n) is 2.22. The lowest BCUT2D eigenvalue weighted by Crippen LogP contribution is -2.33. The minimum absolute atomic E-state index is 0.540. The van der Waals surface area contributed by atoms with Crippen LogP contribution in [0.3, 0.4) is 0 Å². The second-order valence-electron chi connectivity index (χ2n) is 5.32. The van der Waals surface area contributed by atoms with E-state index in [1.54, 1.807) is 7.11 Å². The van der Waals surface area contributed by atoms with Crippen LogP contribution in [0, 0.1) is 6.92 Å². The number of hydrogen-bond acceptors (Lipinski definition) is 2. The van der Waals surface area contributed by atoms with Gasteiger partial charge in [-0.1, -0.05) is 43.9 Å². The number of aliphatic imine (C=N–C) groups is 1. The number of nitrogens with one attached hydrogen (secondary N) is 1. The second-order valence-corrected chi connectivity index (χ2v) is 5.32. The summed E-state index contributed by atoms with van der Waals surface area (Å²) in [7, 11) is 1.70. The highest BCUT2D eigenvalue weighted by molar-refractivity contribution is 5.77. The molecule has 1 aromatic carbocycles. The second kappa shape index (κ2) is 10.1. The molecule has 21 heavy (non-hydrogen) atoms. The number of nitrogens with zero attached hydrogens (tertiary/aromatic N) is 1. The van der Waals surface area contributed by atoms with Gasteiger partial charge in [-0.05, 0) is 31.4 Å². The van der Waals surface area contributed by atoms with Crippen molar-refractivity contribution in [3.63, 3.8) is 0 Å². The minimum Gasteiger partial charge on any atom is -0.496 e. The molecule has 0 radical (unpaired) electrons. The third kappa shape index (κ3) is 7.02. The zero-order chi connectivity index (χ0) is 15.5. The zero-order valence-corrected chi connectivity index (χ0v) is 13.6. The number of hydrogen-bond donors (Lipinski definition) is 2. The van der Waals surface area contributed by atoms with Crippen molar-refractivity contribution in [2.75, 3.05) is 20.2 Å². The van der Waals surface area contributed by atoms with E-state index < -0.39 is 0 Å². The maximum atomic E-state index is 5.86. The summed E-state index contributed by atoms with van der Waals surface area (Å²) in [6.45, 7) is 5.87. The van der Waals surface area contributed by atoms with Gasteiger partial charge in [0.15, 0.2) is 5.96 Å². The van der Waals surface area contributed by atoms with Gasteiger partial charge in [0.2, 0.25) is 0 Å². The summed E-state index contributed by atoms with van der Waals surface area (Å²) in [5, 5.41) is 3.16. The van der Waals surface area contributed by atoms with Crippen LogP contribution in [-0.4, -0.2) is 26.2 Å². The Kier molecular flexibility index (Phi) is 8.32. The predicted octanol–water partition coefficient (Wildman–Crippen LogP) is 3.03. The van der Waals surface area contributed by atoms with Crippen LogP contribution in [0.15, 0.2) is 23.2 Å². The van der Waals surface area contributed by atoms with E-state index in [-0.39, 0.29) is 0 Å². The first-order chi connectivity index (χ1) is 10.2. The van der Waals surface area contributed by atoms with E-state index in [1.807, 2.05) is 6.07 Å². The molecule has 3 N–H and O–H groups in total. The molecule has 0 saturated carbocycles. The van der Waals surface area contributed by atoms with Gasteiger partial charge in [0.25, 0.3) is 0 Å². The first-order valence-electron chi connectivity index (χ1n) is 7.84.